The molecule has 1 aliphatic heterocycles. The van der Waals surface area contributed by atoms with Crippen LogP contribution in [0.3, 0.4) is 0 Å². The van der Waals surface area contributed by atoms with Crippen molar-refractivity contribution in [1.29, 1.82) is 0 Å². The molecule has 2 aliphatic rings. The van der Waals surface area contributed by atoms with Gasteiger partial charge in [-0.05, 0) is 30.7 Å². The molecule has 1 saturated heterocycles. The van der Waals surface area contributed by atoms with E-state index in [2.05, 4.69) is 29.7 Å². The van der Waals surface area contributed by atoms with Crippen molar-refractivity contribution in [2.45, 2.75) is 24.5 Å². The zero-order valence-electron chi connectivity index (χ0n) is 12.4. The highest BCUT2D eigenvalue weighted by Crippen LogP contribution is 2.30. The molecule has 2 fully saturated rings. The van der Waals surface area contributed by atoms with Crippen molar-refractivity contribution in [1.82, 2.24) is 9.80 Å². The minimum Gasteiger partial charge on any atom is -0.339 e. The van der Waals surface area contributed by atoms with Crippen LogP contribution in [-0.4, -0.2) is 53.7 Å². The molecule has 4 heteroatoms. The van der Waals surface area contributed by atoms with Crippen LogP contribution in [0.15, 0.2) is 30.3 Å². The fourth-order valence-electron chi connectivity index (χ4n) is 2.95. The third-order valence-corrected chi connectivity index (χ3v) is 4.86. The van der Waals surface area contributed by atoms with E-state index < -0.39 is 0 Å². The first kappa shape index (κ1) is 14.9. The van der Waals surface area contributed by atoms with E-state index in [0.717, 1.165) is 32.1 Å². The third-order valence-electron chi connectivity index (χ3n) is 4.45. The zero-order chi connectivity index (χ0) is 14.7. The van der Waals surface area contributed by atoms with Gasteiger partial charge in [0.1, 0.15) is 0 Å². The summed E-state index contributed by atoms with van der Waals surface area (Å²) in [6, 6.07) is 10.1. The molecule has 1 unspecified atom stereocenters. The maximum absolute atomic E-state index is 12.5. The van der Waals surface area contributed by atoms with Crippen LogP contribution >= 0.6 is 12.6 Å². The molecule has 0 spiro atoms. The molecule has 0 N–H and O–H groups in total. The Hall–Kier alpha value is -1.00. The van der Waals surface area contributed by atoms with Crippen molar-refractivity contribution in [2.75, 3.05) is 32.7 Å². The average Bonchev–Trinajstić information content (AvgIpc) is 3.32. The summed E-state index contributed by atoms with van der Waals surface area (Å²) >= 11 is 4.53. The van der Waals surface area contributed by atoms with Gasteiger partial charge in [-0.3, -0.25) is 9.69 Å². The smallest absolute Gasteiger partial charge is 0.235 e. The predicted molar refractivity (Wildman–Crippen MR) is 88.7 cm³/mol. The molecule has 0 radical (unpaired) electrons. The lowest BCUT2D eigenvalue weighted by Crippen LogP contribution is -2.51. The summed E-state index contributed by atoms with van der Waals surface area (Å²) < 4.78 is 0. The maximum atomic E-state index is 12.5. The molecular weight excluding hydrogens is 280 g/mol. The summed E-state index contributed by atoms with van der Waals surface area (Å²) in [5, 5.41) is -0.220. The summed E-state index contributed by atoms with van der Waals surface area (Å²) in [5.74, 6) is 1.12. The topological polar surface area (TPSA) is 23.6 Å². The highest BCUT2D eigenvalue weighted by Gasteiger charge is 2.29. The van der Waals surface area contributed by atoms with Gasteiger partial charge in [0, 0.05) is 32.7 Å². The Morgan fingerprint density at radius 3 is 2.43 bits per heavy atom. The Bertz CT molecular complexity index is 467. The number of hydrogen-bond acceptors (Lipinski definition) is 3. The monoisotopic (exact) mass is 304 g/mol. The minimum atomic E-state index is -0.220. The van der Waals surface area contributed by atoms with Gasteiger partial charge in [-0.15, -0.1) is 0 Å². The highest BCUT2D eigenvalue weighted by molar-refractivity contribution is 7.81. The second-order valence-corrected chi connectivity index (χ2v) is 6.90. The van der Waals surface area contributed by atoms with E-state index in [0.29, 0.717) is 6.42 Å². The number of hydrogen-bond donors (Lipinski definition) is 1. The molecule has 0 bridgehead atoms. The van der Waals surface area contributed by atoms with Gasteiger partial charge in [0.15, 0.2) is 0 Å². The van der Waals surface area contributed by atoms with Crippen LogP contribution in [0, 0.1) is 5.92 Å². The molecule has 1 saturated carbocycles. The van der Waals surface area contributed by atoms with E-state index in [9.17, 15) is 4.79 Å². The lowest BCUT2D eigenvalue weighted by atomic mass is 10.1. The van der Waals surface area contributed by atoms with Crippen molar-refractivity contribution < 1.29 is 4.79 Å². The first-order chi connectivity index (χ1) is 10.2. The van der Waals surface area contributed by atoms with Crippen molar-refractivity contribution in [2.24, 2.45) is 5.92 Å². The molecular formula is C17H24N2OS. The Kier molecular flexibility index (Phi) is 4.86. The Morgan fingerprint density at radius 2 is 1.81 bits per heavy atom. The highest BCUT2D eigenvalue weighted by atomic mass is 32.1. The number of amides is 1. The Labute approximate surface area is 132 Å². The zero-order valence-corrected chi connectivity index (χ0v) is 13.3. The lowest BCUT2D eigenvalue weighted by molar-refractivity contribution is -0.132. The van der Waals surface area contributed by atoms with Gasteiger partial charge < -0.3 is 4.90 Å². The molecule has 1 aliphatic carbocycles. The quantitative estimate of drug-likeness (QED) is 0.842. The largest absolute Gasteiger partial charge is 0.339 e. The number of piperazine rings is 1. The number of benzene rings is 1. The van der Waals surface area contributed by atoms with Crippen LogP contribution in [0.1, 0.15) is 18.4 Å². The fraction of sp³-hybridized carbons (Fsp3) is 0.588. The van der Waals surface area contributed by atoms with Gasteiger partial charge in [-0.1, -0.05) is 30.3 Å². The molecule has 3 nitrogen and oxygen atoms in total. The second-order valence-electron chi connectivity index (χ2n) is 6.27. The van der Waals surface area contributed by atoms with Crippen LogP contribution in [0.5, 0.6) is 0 Å². The summed E-state index contributed by atoms with van der Waals surface area (Å²) in [4.78, 5) is 17.0. The Balaban J connectivity index is 1.46. The van der Waals surface area contributed by atoms with Crippen LogP contribution in [0.2, 0.25) is 0 Å². The average molecular weight is 304 g/mol. The van der Waals surface area contributed by atoms with Gasteiger partial charge in [-0.2, -0.15) is 12.6 Å². The SMILES string of the molecule is O=C(C(S)Cc1ccccc1)N1CCN(CC2CC2)CC1. The number of nitrogens with zero attached hydrogens (tertiary/aromatic N) is 2. The van der Waals surface area contributed by atoms with E-state index in [1.54, 1.807) is 0 Å². The first-order valence-corrected chi connectivity index (χ1v) is 8.47. The van der Waals surface area contributed by atoms with Gasteiger partial charge in [0.2, 0.25) is 5.91 Å². The van der Waals surface area contributed by atoms with Crippen molar-refractivity contribution in [3.05, 3.63) is 35.9 Å². The summed E-state index contributed by atoms with van der Waals surface area (Å²) in [6.45, 7) is 4.99. The summed E-state index contributed by atoms with van der Waals surface area (Å²) in [7, 11) is 0. The normalized spacial score (nSPS) is 21.3. The van der Waals surface area contributed by atoms with Crippen LogP contribution < -0.4 is 0 Å². The number of rotatable bonds is 5. The van der Waals surface area contributed by atoms with Gasteiger partial charge in [0.25, 0.3) is 0 Å². The predicted octanol–water partition coefficient (Wildman–Crippen LogP) is 2.08. The third kappa shape index (κ3) is 4.24. The number of thiol groups is 1. The summed E-state index contributed by atoms with van der Waals surface area (Å²) in [6.07, 6.45) is 3.51. The number of carbonyl (C=O) groups is 1. The molecule has 1 aromatic rings. The maximum Gasteiger partial charge on any atom is 0.235 e. The molecule has 0 aromatic heterocycles. The molecule has 1 amide bonds. The van der Waals surface area contributed by atoms with E-state index in [1.165, 1.54) is 24.9 Å². The van der Waals surface area contributed by atoms with Gasteiger partial charge >= 0.3 is 0 Å². The van der Waals surface area contributed by atoms with Gasteiger partial charge in [-0.25, -0.2) is 0 Å². The molecule has 1 heterocycles. The lowest BCUT2D eigenvalue weighted by Gasteiger charge is -2.35. The van der Waals surface area contributed by atoms with Gasteiger partial charge in [0.05, 0.1) is 5.25 Å². The summed E-state index contributed by atoms with van der Waals surface area (Å²) in [5.41, 5.74) is 1.18. The van der Waals surface area contributed by atoms with Crippen molar-refractivity contribution in [3.8, 4) is 0 Å². The second kappa shape index (κ2) is 6.84. The standard InChI is InChI=1S/C17H24N2OS/c20-17(16(21)12-14-4-2-1-3-5-14)19-10-8-18(9-11-19)13-15-6-7-15/h1-5,15-16,21H,6-13H2. The van der Waals surface area contributed by atoms with Crippen molar-refractivity contribution >= 4 is 18.5 Å². The molecule has 21 heavy (non-hydrogen) atoms. The fourth-order valence-corrected chi connectivity index (χ4v) is 3.33. The molecule has 3 rings (SSSR count). The minimum absolute atomic E-state index is 0.188. The van der Waals surface area contributed by atoms with E-state index in [4.69, 9.17) is 0 Å². The van der Waals surface area contributed by atoms with Crippen LogP contribution in [0.25, 0.3) is 0 Å². The van der Waals surface area contributed by atoms with Crippen LogP contribution in [0.4, 0.5) is 0 Å². The molecule has 114 valence electrons. The first-order valence-electron chi connectivity index (χ1n) is 7.95. The van der Waals surface area contributed by atoms with Crippen LogP contribution in [-0.2, 0) is 11.2 Å². The Morgan fingerprint density at radius 1 is 1.14 bits per heavy atom. The number of carbonyl (C=O) groups excluding carboxylic acids is 1. The van der Waals surface area contributed by atoms with E-state index >= 15 is 0 Å². The van der Waals surface area contributed by atoms with E-state index in [-0.39, 0.29) is 11.2 Å². The van der Waals surface area contributed by atoms with Crippen molar-refractivity contribution in [3.63, 3.8) is 0 Å². The molecule has 1 atom stereocenters. The molecule has 1 aromatic carbocycles. The van der Waals surface area contributed by atoms with E-state index in [1.807, 2.05) is 23.1 Å².